The third-order valence-corrected chi connectivity index (χ3v) is 7.54. The van der Waals surface area contributed by atoms with E-state index in [1.807, 2.05) is 25.3 Å². The first kappa shape index (κ1) is 24.4. The van der Waals surface area contributed by atoms with Gasteiger partial charge in [-0.15, -0.1) is 11.3 Å². The molecule has 1 amide bonds. The molecule has 3 aromatic rings. The lowest BCUT2D eigenvalue weighted by Gasteiger charge is -2.28. The van der Waals surface area contributed by atoms with Crippen LogP contribution in [0.15, 0.2) is 42.1 Å². The lowest BCUT2D eigenvalue weighted by molar-refractivity contribution is -0.126. The Morgan fingerprint density at radius 3 is 2.92 bits per heavy atom. The second-order valence-corrected chi connectivity index (χ2v) is 10.2. The van der Waals surface area contributed by atoms with Crippen molar-refractivity contribution in [3.05, 3.63) is 64.2 Å². The number of amides is 1. The molecule has 36 heavy (non-hydrogen) atoms. The average molecular weight is 519 g/mol. The zero-order valence-electron chi connectivity index (χ0n) is 19.7. The highest BCUT2D eigenvalue weighted by atomic mass is 32.1. The summed E-state index contributed by atoms with van der Waals surface area (Å²) >= 11 is 1.47. The van der Waals surface area contributed by atoms with Gasteiger partial charge in [0, 0.05) is 40.7 Å². The highest BCUT2D eigenvalue weighted by Gasteiger charge is 2.36. The van der Waals surface area contributed by atoms with E-state index in [0.717, 1.165) is 28.4 Å². The van der Waals surface area contributed by atoms with Crippen molar-refractivity contribution < 1.29 is 27.4 Å². The van der Waals surface area contributed by atoms with Crippen LogP contribution in [0.5, 0.6) is 5.75 Å². The maximum Gasteiger partial charge on any atom is 0.387 e. The molecule has 3 heterocycles. The van der Waals surface area contributed by atoms with Crippen LogP contribution in [0.3, 0.4) is 0 Å². The number of carbonyl (C=O) groups is 1. The van der Waals surface area contributed by atoms with Gasteiger partial charge in [0.2, 0.25) is 5.91 Å². The minimum absolute atomic E-state index is 0.0816. The molecule has 1 aromatic carbocycles. The van der Waals surface area contributed by atoms with Crippen LogP contribution >= 0.6 is 11.3 Å². The van der Waals surface area contributed by atoms with Crippen molar-refractivity contribution >= 4 is 17.2 Å². The standard InChI is InChI=1S/C25H25F3N4O3S/c1-14(23-29-8-10-36-23)32-20-11-15(22(33)30-25(2)7-9-34-13-25)3-5-17(20)21(31-32)18-12-16(35-24(27)28)4-6-19(18)26/h4,6-10,12,14-15,24H,3,5,11,13H2,1-2H3,(H,30,33)/t14?,15-,25?/m1/s1. The minimum atomic E-state index is -3.03. The Labute approximate surface area is 209 Å². The molecule has 0 radical (unpaired) electrons. The quantitative estimate of drug-likeness (QED) is 0.483. The van der Waals surface area contributed by atoms with E-state index < -0.39 is 18.0 Å². The normalized spacial score (nSPS) is 21.8. The first-order valence-corrected chi connectivity index (χ1v) is 12.5. The lowest BCUT2D eigenvalue weighted by Crippen LogP contribution is -2.49. The molecule has 2 unspecified atom stereocenters. The molecule has 3 atom stereocenters. The van der Waals surface area contributed by atoms with Gasteiger partial charge in [0.15, 0.2) is 0 Å². The first-order chi connectivity index (χ1) is 17.2. The van der Waals surface area contributed by atoms with E-state index in [4.69, 9.17) is 9.84 Å². The summed E-state index contributed by atoms with van der Waals surface area (Å²) in [5.74, 6) is -1.14. The Morgan fingerprint density at radius 2 is 2.22 bits per heavy atom. The first-order valence-electron chi connectivity index (χ1n) is 11.6. The van der Waals surface area contributed by atoms with Gasteiger partial charge in [-0.05, 0) is 51.0 Å². The van der Waals surface area contributed by atoms with Crippen LogP contribution in [-0.2, 0) is 22.4 Å². The van der Waals surface area contributed by atoms with Gasteiger partial charge in [-0.3, -0.25) is 9.48 Å². The Hall–Kier alpha value is -3.34. The number of hydrogen-bond acceptors (Lipinski definition) is 6. The lowest BCUT2D eigenvalue weighted by atomic mass is 9.84. The second kappa shape index (κ2) is 9.61. The van der Waals surface area contributed by atoms with Crippen LogP contribution in [0.4, 0.5) is 13.2 Å². The van der Waals surface area contributed by atoms with E-state index in [1.54, 1.807) is 17.1 Å². The molecule has 1 aliphatic heterocycles. The molecule has 0 saturated carbocycles. The van der Waals surface area contributed by atoms with Crippen molar-refractivity contribution in [2.24, 2.45) is 5.92 Å². The number of carbonyl (C=O) groups excluding carboxylic acids is 1. The smallest absolute Gasteiger partial charge is 0.387 e. The van der Waals surface area contributed by atoms with Crippen LogP contribution in [0.2, 0.25) is 0 Å². The van der Waals surface area contributed by atoms with E-state index >= 15 is 0 Å². The van der Waals surface area contributed by atoms with Crippen molar-refractivity contribution in [3.8, 4) is 17.0 Å². The molecular weight excluding hydrogens is 493 g/mol. The van der Waals surface area contributed by atoms with Gasteiger partial charge in [0.25, 0.3) is 0 Å². The minimum Gasteiger partial charge on any atom is -0.499 e. The molecule has 0 bridgehead atoms. The van der Waals surface area contributed by atoms with Crippen molar-refractivity contribution in [2.45, 2.75) is 51.3 Å². The summed E-state index contributed by atoms with van der Waals surface area (Å²) in [4.78, 5) is 17.6. The molecule has 2 aromatic heterocycles. The molecule has 0 spiro atoms. The van der Waals surface area contributed by atoms with Crippen molar-refractivity contribution in [2.75, 3.05) is 6.61 Å². The summed E-state index contributed by atoms with van der Waals surface area (Å²) in [6.45, 7) is 1.18. The molecule has 7 nitrogen and oxygen atoms in total. The number of halogens is 3. The SMILES string of the molecule is CC(c1nccs1)n1nc(-c2cc(OC(F)F)ccc2F)c2c1C[C@H](C(=O)NC1(C)C=COC1)CC2. The maximum absolute atomic E-state index is 14.9. The number of rotatable bonds is 7. The molecular formula is C25H25F3N4O3S. The van der Waals surface area contributed by atoms with Crippen LogP contribution in [0, 0.1) is 11.7 Å². The summed E-state index contributed by atoms with van der Waals surface area (Å²) in [7, 11) is 0. The molecule has 0 saturated heterocycles. The largest absolute Gasteiger partial charge is 0.499 e. The van der Waals surface area contributed by atoms with E-state index in [2.05, 4.69) is 15.0 Å². The number of ether oxygens (including phenoxy) is 2. The van der Waals surface area contributed by atoms with Crippen molar-refractivity contribution in [1.82, 2.24) is 20.1 Å². The second-order valence-electron chi connectivity index (χ2n) is 9.25. The predicted molar refractivity (Wildman–Crippen MR) is 127 cm³/mol. The number of benzene rings is 1. The number of nitrogens with zero attached hydrogens (tertiary/aromatic N) is 3. The molecule has 1 N–H and O–H groups in total. The number of nitrogens with one attached hydrogen (secondary N) is 1. The zero-order chi connectivity index (χ0) is 25.4. The summed E-state index contributed by atoms with van der Waals surface area (Å²) in [6, 6.07) is 3.24. The number of aromatic nitrogens is 3. The highest BCUT2D eigenvalue weighted by Crippen LogP contribution is 2.38. The fraction of sp³-hybridized carbons (Fsp3) is 0.400. The monoisotopic (exact) mass is 518 g/mol. The number of thiazole rings is 1. The summed E-state index contributed by atoms with van der Waals surface area (Å²) < 4.78 is 52.1. The Balaban J connectivity index is 1.52. The van der Waals surface area contributed by atoms with Gasteiger partial charge >= 0.3 is 6.61 Å². The Bertz CT molecular complexity index is 1290. The molecule has 11 heteroatoms. The molecule has 5 rings (SSSR count). The summed E-state index contributed by atoms with van der Waals surface area (Å²) in [5.41, 5.74) is 1.49. The van der Waals surface area contributed by atoms with E-state index in [0.29, 0.717) is 31.6 Å². The van der Waals surface area contributed by atoms with Gasteiger partial charge in [-0.25, -0.2) is 9.37 Å². The zero-order valence-corrected chi connectivity index (χ0v) is 20.5. The van der Waals surface area contributed by atoms with Gasteiger partial charge in [-0.2, -0.15) is 13.9 Å². The number of hydrogen-bond donors (Lipinski definition) is 1. The van der Waals surface area contributed by atoms with Crippen molar-refractivity contribution in [3.63, 3.8) is 0 Å². The fourth-order valence-corrected chi connectivity index (χ4v) is 5.41. The highest BCUT2D eigenvalue weighted by molar-refractivity contribution is 7.09. The average Bonchev–Trinajstić information content (AvgIpc) is 3.59. The molecule has 1 aliphatic carbocycles. The van der Waals surface area contributed by atoms with Crippen LogP contribution < -0.4 is 10.1 Å². The number of fused-ring (bicyclic) bond motifs is 1. The van der Waals surface area contributed by atoms with Gasteiger partial charge in [0.1, 0.15) is 29.2 Å². The van der Waals surface area contributed by atoms with Gasteiger partial charge < -0.3 is 14.8 Å². The molecule has 2 aliphatic rings. The third kappa shape index (κ3) is 4.71. The van der Waals surface area contributed by atoms with Crippen LogP contribution in [0.25, 0.3) is 11.3 Å². The van der Waals surface area contributed by atoms with E-state index in [1.165, 1.54) is 17.4 Å². The summed E-state index contributed by atoms with van der Waals surface area (Å²) in [5, 5.41) is 10.5. The van der Waals surface area contributed by atoms with E-state index in [-0.39, 0.29) is 29.2 Å². The van der Waals surface area contributed by atoms with Gasteiger partial charge in [-0.1, -0.05) is 0 Å². The Morgan fingerprint density at radius 1 is 1.39 bits per heavy atom. The number of alkyl halides is 2. The fourth-order valence-electron chi connectivity index (χ4n) is 4.73. The Kier molecular flexibility index (Phi) is 6.50. The van der Waals surface area contributed by atoms with E-state index in [9.17, 15) is 18.0 Å². The third-order valence-electron chi connectivity index (χ3n) is 6.59. The van der Waals surface area contributed by atoms with Crippen LogP contribution in [0.1, 0.15) is 42.6 Å². The maximum atomic E-state index is 14.9. The molecule has 190 valence electrons. The van der Waals surface area contributed by atoms with Crippen molar-refractivity contribution in [1.29, 1.82) is 0 Å². The van der Waals surface area contributed by atoms with Crippen LogP contribution in [-0.4, -0.2) is 39.4 Å². The van der Waals surface area contributed by atoms with Gasteiger partial charge in [0.05, 0.1) is 17.5 Å². The predicted octanol–water partition coefficient (Wildman–Crippen LogP) is 4.88. The molecule has 0 fully saturated rings. The summed E-state index contributed by atoms with van der Waals surface area (Å²) in [6.07, 6.45) is 6.53. The topological polar surface area (TPSA) is 78.3 Å².